The maximum atomic E-state index is 12.1. The van der Waals surface area contributed by atoms with E-state index in [2.05, 4.69) is 25.6 Å². The van der Waals surface area contributed by atoms with Crippen molar-refractivity contribution in [1.29, 1.82) is 0 Å². The highest BCUT2D eigenvalue weighted by atomic mass is 79.9. The van der Waals surface area contributed by atoms with Gasteiger partial charge < -0.3 is 0 Å². The number of nitrogens with one attached hydrogen (secondary N) is 1. The lowest BCUT2D eigenvalue weighted by Gasteiger charge is -2.11. The highest BCUT2D eigenvalue weighted by molar-refractivity contribution is 9.10. The minimum Gasteiger partial charge on any atom is -0.282 e. The number of anilines is 1. The quantitative estimate of drug-likeness (QED) is 0.897. The number of aryl methyl sites for hydroxylation is 2. The first kappa shape index (κ1) is 15.0. The summed E-state index contributed by atoms with van der Waals surface area (Å²) in [5, 5.41) is 0. The van der Waals surface area contributed by atoms with Gasteiger partial charge in [0.05, 0.1) is 11.4 Å². The topological polar surface area (TPSA) is 59.1 Å². The summed E-state index contributed by atoms with van der Waals surface area (Å²) >= 11 is 3.39. The standard InChI is InChI=1S/C14H15BrN2O2S/c1-11-3-2-4-13(14(11)15)17-20(18,19)10-7-12-5-8-16-9-6-12/h2-6,8-9,17H,7,10H2,1H3. The average Bonchev–Trinajstić information content (AvgIpc) is 2.43. The number of pyridine rings is 1. The third-order valence-corrected chi connectivity index (χ3v) is 5.19. The molecule has 1 aromatic carbocycles. The highest BCUT2D eigenvalue weighted by Crippen LogP contribution is 2.26. The molecule has 1 aromatic heterocycles. The molecule has 0 amide bonds. The second-order valence-electron chi connectivity index (χ2n) is 4.46. The summed E-state index contributed by atoms with van der Waals surface area (Å²) in [4.78, 5) is 3.91. The molecule has 0 saturated heterocycles. The molecule has 0 radical (unpaired) electrons. The van der Waals surface area contributed by atoms with Gasteiger partial charge in [-0.05, 0) is 58.6 Å². The third-order valence-electron chi connectivity index (χ3n) is 2.87. The van der Waals surface area contributed by atoms with Crippen molar-refractivity contribution in [3.63, 3.8) is 0 Å². The number of hydrogen-bond donors (Lipinski definition) is 1. The van der Waals surface area contributed by atoms with E-state index in [0.717, 1.165) is 15.6 Å². The van der Waals surface area contributed by atoms with E-state index in [1.807, 2.05) is 31.2 Å². The Morgan fingerprint density at radius 1 is 1.20 bits per heavy atom. The molecule has 0 aliphatic heterocycles. The Labute approximate surface area is 127 Å². The molecular weight excluding hydrogens is 340 g/mol. The maximum Gasteiger partial charge on any atom is 0.233 e. The smallest absolute Gasteiger partial charge is 0.233 e. The van der Waals surface area contributed by atoms with Crippen molar-refractivity contribution in [3.8, 4) is 0 Å². The molecular formula is C14H15BrN2O2S. The van der Waals surface area contributed by atoms with Crippen molar-refractivity contribution in [2.45, 2.75) is 13.3 Å². The predicted octanol–water partition coefficient (Wildman–Crippen LogP) is 3.14. The molecule has 1 N–H and O–H groups in total. The Hall–Kier alpha value is -1.40. The lowest BCUT2D eigenvalue weighted by Crippen LogP contribution is -2.18. The molecule has 0 bridgehead atoms. The molecule has 2 rings (SSSR count). The predicted molar refractivity (Wildman–Crippen MR) is 84.2 cm³/mol. The van der Waals surface area contributed by atoms with Crippen molar-refractivity contribution >= 4 is 31.6 Å². The summed E-state index contributed by atoms with van der Waals surface area (Å²) in [6.07, 6.45) is 3.78. The zero-order valence-electron chi connectivity index (χ0n) is 11.0. The fourth-order valence-electron chi connectivity index (χ4n) is 1.75. The summed E-state index contributed by atoms with van der Waals surface area (Å²) in [5.41, 5.74) is 2.51. The first-order chi connectivity index (χ1) is 9.48. The van der Waals surface area contributed by atoms with Crippen molar-refractivity contribution in [3.05, 3.63) is 58.3 Å². The number of sulfonamides is 1. The van der Waals surface area contributed by atoms with E-state index >= 15 is 0 Å². The molecule has 106 valence electrons. The van der Waals surface area contributed by atoms with Crippen LogP contribution in [-0.4, -0.2) is 19.2 Å². The minimum absolute atomic E-state index is 0.0391. The van der Waals surface area contributed by atoms with Crippen LogP contribution in [0.25, 0.3) is 0 Å². The van der Waals surface area contributed by atoms with Crippen LogP contribution in [0.2, 0.25) is 0 Å². The molecule has 0 unspecified atom stereocenters. The van der Waals surface area contributed by atoms with E-state index in [1.54, 1.807) is 18.5 Å². The normalized spacial score (nSPS) is 11.3. The van der Waals surface area contributed by atoms with Gasteiger partial charge in [-0.15, -0.1) is 0 Å². The Kier molecular flexibility index (Phi) is 4.77. The van der Waals surface area contributed by atoms with Crippen LogP contribution in [0, 0.1) is 6.92 Å². The van der Waals surface area contributed by atoms with Crippen LogP contribution in [0.5, 0.6) is 0 Å². The summed E-state index contributed by atoms with van der Waals surface area (Å²) < 4.78 is 27.6. The first-order valence-corrected chi connectivity index (χ1v) is 8.57. The van der Waals surface area contributed by atoms with Gasteiger partial charge in [-0.2, -0.15) is 0 Å². The molecule has 0 aliphatic carbocycles. The van der Waals surface area contributed by atoms with Crippen LogP contribution in [0.1, 0.15) is 11.1 Å². The van der Waals surface area contributed by atoms with Crippen LogP contribution in [0.4, 0.5) is 5.69 Å². The van der Waals surface area contributed by atoms with Gasteiger partial charge in [-0.25, -0.2) is 8.42 Å². The molecule has 1 heterocycles. The van der Waals surface area contributed by atoms with E-state index < -0.39 is 10.0 Å². The van der Waals surface area contributed by atoms with Crippen LogP contribution in [0.15, 0.2) is 47.2 Å². The van der Waals surface area contributed by atoms with Gasteiger partial charge >= 0.3 is 0 Å². The molecule has 0 atom stereocenters. The second kappa shape index (κ2) is 6.37. The molecule has 0 aliphatic rings. The van der Waals surface area contributed by atoms with Crippen molar-refractivity contribution in [2.24, 2.45) is 0 Å². The van der Waals surface area contributed by atoms with Gasteiger partial charge in [-0.1, -0.05) is 12.1 Å². The van der Waals surface area contributed by atoms with Gasteiger partial charge in [-0.3, -0.25) is 9.71 Å². The zero-order valence-corrected chi connectivity index (χ0v) is 13.4. The van der Waals surface area contributed by atoms with E-state index in [-0.39, 0.29) is 5.75 Å². The number of aromatic nitrogens is 1. The monoisotopic (exact) mass is 354 g/mol. The first-order valence-electron chi connectivity index (χ1n) is 6.12. The van der Waals surface area contributed by atoms with E-state index in [1.165, 1.54) is 0 Å². The van der Waals surface area contributed by atoms with Crippen molar-refractivity contribution < 1.29 is 8.42 Å². The van der Waals surface area contributed by atoms with Gasteiger partial charge in [0, 0.05) is 16.9 Å². The fourth-order valence-corrected chi connectivity index (χ4v) is 3.35. The van der Waals surface area contributed by atoms with Gasteiger partial charge in [0.1, 0.15) is 0 Å². The molecule has 6 heteroatoms. The Morgan fingerprint density at radius 3 is 2.60 bits per heavy atom. The van der Waals surface area contributed by atoms with Crippen molar-refractivity contribution in [1.82, 2.24) is 4.98 Å². The van der Waals surface area contributed by atoms with Crippen LogP contribution < -0.4 is 4.72 Å². The number of nitrogens with zero attached hydrogens (tertiary/aromatic N) is 1. The number of hydrogen-bond acceptors (Lipinski definition) is 3. The molecule has 2 aromatic rings. The molecule has 20 heavy (non-hydrogen) atoms. The lowest BCUT2D eigenvalue weighted by molar-refractivity contribution is 0.600. The van der Waals surface area contributed by atoms with Gasteiger partial charge in [0.15, 0.2) is 0 Å². The van der Waals surface area contributed by atoms with Gasteiger partial charge in [0.25, 0.3) is 0 Å². The highest BCUT2D eigenvalue weighted by Gasteiger charge is 2.13. The van der Waals surface area contributed by atoms with Crippen LogP contribution >= 0.6 is 15.9 Å². The lowest BCUT2D eigenvalue weighted by atomic mass is 10.2. The SMILES string of the molecule is Cc1cccc(NS(=O)(=O)CCc2ccncc2)c1Br. The van der Waals surface area contributed by atoms with Crippen molar-refractivity contribution in [2.75, 3.05) is 10.5 Å². The Bertz CT molecular complexity index is 688. The summed E-state index contributed by atoms with van der Waals surface area (Å²) in [7, 11) is -3.37. The molecule has 0 fully saturated rings. The maximum absolute atomic E-state index is 12.1. The Morgan fingerprint density at radius 2 is 1.90 bits per heavy atom. The molecule has 4 nitrogen and oxygen atoms in total. The van der Waals surface area contributed by atoms with E-state index in [4.69, 9.17) is 0 Å². The molecule has 0 spiro atoms. The second-order valence-corrected chi connectivity index (χ2v) is 7.10. The molecule has 0 saturated carbocycles. The Balaban J connectivity index is 2.06. The summed E-state index contributed by atoms with van der Waals surface area (Å²) in [5.74, 6) is 0.0391. The third kappa shape index (κ3) is 4.05. The van der Waals surface area contributed by atoms with Crippen LogP contribution in [0.3, 0.4) is 0 Å². The summed E-state index contributed by atoms with van der Waals surface area (Å²) in [6, 6.07) is 9.11. The summed E-state index contributed by atoms with van der Waals surface area (Å²) in [6.45, 7) is 1.92. The van der Waals surface area contributed by atoms with E-state index in [0.29, 0.717) is 12.1 Å². The fraction of sp³-hybridized carbons (Fsp3) is 0.214. The minimum atomic E-state index is -3.37. The van der Waals surface area contributed by atoms with Crippen LogP contribution in [-0.2, 0) is 16.4 Å². The van der Waals surface area contributed by atoms with E-state index in [9.17, 15) is 8.42 Å². The number of rotatable bonds is 5. The number of benzene rings is 1. The average molecular weight is 355 g/mol. The largest absolute Gasteiger partial charge is 0.282 e. The van der Waals surface area contributed by atoms with Gasteiger partial charge in [0.2, 0.25) is 10.0 Å². The number of halogens is 1. The zero-order chi connectivity index (χ0) is 14.6.